The fourth-order valence-electron chi connectivity index (χ4n) is 3.06. The van der Waals surface area contributed by atoms with E-state index in [9.17, 15) is 14.4 Å². The highest BCUT2D eigenvalue weighted by Crippen LogP contribution is 2.35. The molecule has 0 spiro atoms. The van der Waals surface area contributed by atoms with E-state index in [0.717, 1.165) is 37.3 Å². The number of thioether (sulfide) groups is 1. The van der Waals surface area contributed by atoms with Crippen LogP contribution in [-0.4, -0.2) is 41.8 Å². The van der Waals surface area contributed by atoms with Crippen molar-refractivity contribution in [2.45, 2.75) is 19.8 Å². The summed E-state index contributed by atoms with van der Waals surface area (Å²) in [6.45, 7) is 2.27. The molecule has 1 aliphatic heterocycles. The van der Waals surface area contributed by atoms with E-state index in [1.165, 1.54) is 10.5 Å². The summed E-state index contributed by atoms with van der Waals surface area (Å²) in [5.41, 5.74) is 1.97. The number of halogens is 2. The summed E-state index contributed by atoms with van der Waals surface area (Å²) in [5.74, 6) is -0.102. The zero-order valence-corrected chi connectivity index (χ0v) is 22.4. The number of nitrogens with zero attached hydrogens (tertiary/aromatic N) is 1. The minimum absolute atomic E-state index is 0.166. The average molecular weight is 677 g/mol. The Bertz CT molecular complexity index is 1020. The largest absolute Gasteiger partial charge is 0.480 e. The highest BCUT2D eigenvalue weighted by Gasteiger charge is 2.34. The van der Waals surface area contributed by atoms with E-state index in [-0.39, 0.29) is 17.8 Å². The molecule has 2 aromatic rings. The third kappa shape index (κ3) is 6.70. The standard InChI is InChI=1S/C23H21I2NO5S/c1-2-30-20(27)14-31-21-17(24)11-16(12-18(21)25)13-19-22(28)26(23(29)32-19)10-6-9-15-7-4-3-5-8-15/h3-5,7-8,11-13H,2,6,9-10,14H2,1H3/b19-13+. The summed E-state index contributed by atoms with van der Waals surface area (Å²) in [6.07, 6.45) is 3.25. The Hall–Kier alpha value is -1.60. The number of carbonyl (C=O) groups excluding carboxylic acids is 3. The Balaban J connectivity index is 1.65. The van der Waals surface area contributed by atoms with Crippen molar-refractivity contribution in [2.24, 2.45) is 0 Å². The Kier molecular flexibility index (Phi) is 9.41. The van der Waals surface area contributed by atoms with E-state index in [1.807, 2.05) is 42.5 Å². The highest BCUT2D eigenvalue weighted by molar-refractivity contribution is 14.1. The van der Waals surface area contributed by atoms with Crippen LogP contribution in [0.5, 0.6) is 5.75 Å². The van der Waals surface area contributed by atoms with Crippen molar-refractivity contribution >= 4 is 80.1 Å². The maximum absolute atomic E-state index is 12.8. The molecule has 0 saturated carbocycles. The lowest BCUT2D eigenvalue weighted by molar-refractivity contribution is -0.145. The Morgan fingerprint density at radius 1 is 1.12 bits per heavy atom. The molecule has 1 saturated heterocycles. The predicted molar refractivity (Wildman–Crippen MR) is 141 cm³/mol. The number of carbonyl (C=O) groups is 3. The molecule has 0 atom stereocenters. The SMILES string of the molecule is CCOC(=O)COc1c(I)cc(/C=C2/SC(=O)N(CCCc3ccccc3)C2=O)cc1I. The van der Waals surface area contributed by atoms with Crippen molar-refractivity contribution in [3.05, 3.63) is 65.6 Å². The molecule has 2 aromatic carbocycles. The van der Waals surface area contributed by atoms with Crippen molar-refractivity contribution in [1.29, 1.82) is 0 Å². The van der Waals surface area contributed by atoms with Gasteiger partial charge in [-0.3, -0.25) is 14.5 Å². The molecule has 32 heavy (non-hydrogen) atoms. The smallest absolute Gasteiger partial charge is 0.344 e. The van der Waals surface area contributed by atoms with Crippen LogP contribution in [0.25, 0.3) is 6.08 Å². The zero-order valence-electron chi connectivity index (χ0n) is 17.3. The van der Waals surface area contributed by atoms with Crippen LogP contribution in [0.3, 0.4) is 0 Å². The molecule has 2 amide bonds. The molecule has 0 radical (unpaired) electrons. The number of rotatable bonds is 9. The van der Waals surface area contributed by atoms with Crippen LogP contribution in [0.15, 0.2) is 47.4 Å². The third-order valence-corrected chi connectivity index (χ3v) is 7.03. The van der Waals surface area contributed by atoms with E-state index in [2.05, 4.69) is 45.2 Å². The number of amides is 2. The number of hydrogen-bond acceptors (Lipinski definition) is 6. The molecule has 9 heteroatoms. The molecule has 0 aliphatic carbocycles. The first-order valence-electron chi connectivity index (χ1n) is 9.95. The van der Waals surface area contributed by atoms with E-state index in [1.54, 1.807) is 13.0 Å². The summed E-state index contributed by atoms with van der Waals surface area (Å²) in [5, 5.41) is -0.243. The van der Waals surface area contributed by atoms with Crippen molar-refractivity contribution < 1.29 is 23.9 Å². The summed E-state index contributed by atoms with van der Waals surface area (Å²) in [4.78, 5) is 38.4. The number of benzene rings is 2. The summed E-state index contributed by atoms with van der Waals surface area (Å²) in [6, 6.07) is 13.7. The molecule has 1 aliphatic rings. The normalized spacial score (nSPS) is 14.8. The minimum Gasteiger partial charge on any atom is -0.480 e. The second kappa shape index (κ2) is 12.0. The minimum atomic E-state index is -0.427. The summed E-state index contributed by atoms with van der Waals surface area (Å²) in [7, 11) is 0. The second-order valence-electron chi connectivity index (χ2n) is 6.83. The van der Waals surface area contributed by atoms with Crippen LogP contribution < -0.4 is 4.74 Å². The van der Waals surface area contributed by atoms with Crippen LogP contribution in [0.4, 0.5) is 4.79 Å². The first-order chi connectivity index (χ1) is 15.4. The quantitative estimate of drug-likeness (QED) is 0.198. The third-order valence-electron chi connectivity index (χ3n) is 4.52. The van der Waals surface area contributed by atoms with Crippen LogP contribution in [0, 0.1) is 7.14 Å². The van der Waals surface area contributed by atoms with Crippen LogP contribution >= 0.6 is 56.9 Å². The van der Waals surface area contributed by atoms with Crippen molar-refractivity contribution in [1.82, 2.24) is 4.90 Å². The van der Waals surface area contributed by atoms with Gasteiger partial charge in [0.05, 0.1) is 18.7 Å². The van der Waals surface area contributed by atoms with Gasteiger partial charge in [0.15, 0.2) is 6.61 Å². The lowest BCUT2D eigenvalue weighted by atomic mass is 10.1. The molecule has 168 valence electrons. The van der Waals surface area contributed by atoms with Gasteiger partial charge >= 0.3 is 5.97 Å². The summed E-state index contributed by atoms with van der Waals surface area (Å²) >= 11 is 5.21. The molecular formula is C23H21I2NO5S. The fraction of sp³-hybridized carbons (Fsp3) is 0.261. The van der Waals surface area contributed by atoms with Gasteiger partial charge < -0.3 is 9.47 Å². The Labute approximate surface area is 218 Å². The van der Waals surface area contributed by atoms with Gasteiger partial charge in [-0.25, -0.2) is 4.79 Å². The maximum Gasteiger partial charge on any atom is 0.344 e. The van der Waals surface area contributed by atoms with E-state index in [0.29, 0.717) is 23.8 Å². The van der Waals surface area contributed by atoms with Gasteiger partial charge in [-0.05, 0) is 106 Å². The van der Waals surface area contributed by atoms with Gasteiger partial charge in [0.25, 0.3) is 11.1 Å². The number of aryl methyl sites for hydroxylation is 1. The maximum atomic E-state index is 12.8. The van der Waals surface area contributed by atoms with Gasteiger partial charge in [-0.15, -0.1) is 0 Å². The Morgan fingerprint density at radius 3 is 2.47 bits per heavy atom. The van der Waals surface area contributed by atoms with Gasteiger partial charge in [-0.2, -0.15) is 0 Å². The van der Waals surface area contributed by atoms with Crippen molar-refractivity contribution in [3.8, 4) is 5.75 Å². The summed E-state index contributed by atoms with van der Waals surface area (Å²) < 4.78 is 12.1. The first kappa shape index (κ1) is 25.0. The van der Waals surface area contributed by atoms with Gasteiger partial charge in [0.2, 0.25) is 0 Å². The lowest BCUT2D eigenvalue weighted by Crippen LogP contribution is -2.29. The molecular weight excluding hydrogens is 656 g/mol. The highest BCUT2D eigenvalue weighted by atomic mass is 127. The first-order valence-corrected chi connectivity index (χ1v) is 12.9. The molecule has 1 heterocycles. The Morgan fingerprint density at radius 2 is 1.81 bits per heavy atom. The predicted octanol–water partition coefficient (Wildman–Crippen LogP) is 5.51. The number of esters is 1. The zero-order chi connectivity index (χ0) is 23.1. The number of hydrogen-bond donors (Lipinski definition) is 0. The lowest BCUT2D eigenvalue weighted by Gasteiger charge is -2.12. The van der Waals surface area contributed by atoms with Crippen LogP contribution in [0.2, 0.25) is 0 Å². The molecule has 6 nitrogen and oxygen atoms in total. The van der Waals surface area contributed by atoms with E-state index in [4.69, 9.17) is 9.47 Å². The molecule has 0 N–H and O–H groups in total. The molecule has 0 unspecified atom stereocenters. The van der Waals surface area contributed by atoms with Crippen molar-refractivity contribution in [3.63, 3.8) is 0 Å². The second-order valence-corrected chi connectivity index (χ2v) is 10.1. The van der Waals surface area contributed by atoms with Gasteiger partial charge in [0.1, 0.15) is 5.75 Å². The number of imide groups is 1. The van der Waals surface area contributed by atoms with E-state index < -0.39 is 5.97 Å². The van der Waals surface area contributed by atoms with Gasteiger partial charge in [-0.1, -0.05) is 30.3 Å². The van der Waals surface area contributed by atoms with E-state index >= 15 is 0 Å². The topological polar surface area (TPSA) is 72.9 Å². The fourth-order valence-corrected chi connectivity index (χ4v) is 6.06. The van der Waals surface area contributed by atoms with Crippen LogP contribution in [-0.2, 0) is 20.7 Å². The van der Waals surface area contributed by atoms with Gasteiger partial charge in [0, 0.05) is 6.54 Å². The number of ether oxygens (including phenoxy) is 2. The average Bonchev–Trinajstić information content (AvgIpc) is 3.01. The molecule has 0 aromatic heterocycles. The molecule has 3 rings (SSSR count). The van der Waals surface area contributed by atoms with Crippen molar-refractivity contribution in [2.75, 3.05) is 19.8 Å². The molecule has 1 fully saturated rings. The monoisotopic (exact) mass is 677 g/mol. The molecule has 0 bridgehead atoms. The van der Waals surface area contributed by atoms with Crippen LogP contribution in [0.1, 0.15) is 24.5 Å².